The van der Waals surface area contributed by atoms with Crippen LogP contribution in [0.4, 0.5) is 0 Å². The highest BCUT2D eigenvalue weighted by Gasteiger charge is 2.13. The van der Waals surface area contributed by atoms with Crippen LogP contribution in [-0.4, -0.2) is 6.54 Å². The fourth-order valence-electron chi connectivity index (χ4n) is 2.43. The molecule has 3 heteroatoms. The van der Waals surface area contributed by atoms with Gasteiger partial charge in [0.2, 0.25) is 0 Å². The van der Waals surface area contributed by atoms with E-state index in [0.717, 1.165) is 19.4 Å². The molecule has 1 nitrogen and oxygen atoms in total. The summed E-state index contributed by atoms with van der Waals surface area (Å²) in [5.41, 5.74) is 3.80. The lowest BCUT2D eigenvalue weighted by atomic mass is 9.97. The summed E-state index contributed by atoms with van der Waals surface area (Å²) >= 11 is 12.2. The van der Waals surface area contributed by atoms with E-state index in [9.17, 15) is 0 Å². The van der Waals surface area contributed by atoms with E-state index in [1.165, 1.54) is 16.7 Å². The molecule has 0 saturated carbocycles. The van der Waals surface area contributed by atoms with Crippen molar-refractivity contribution in [3.05, 3.63) is 69.2 Å². The number of aryl methyl sites for hydroxylation is 1. The van der Waals surface area contributed by atoms with Gasteiger partial charge >= 0.3 is 0 Å². The molecule has 1 N–H and O–H groups in total. The fraction of sp³-hybridized carbons (Fsp3) is 0.333. The quantitative estimate of drug-likeness (QED) is 0.731. The largest absolute Gasteiger partial charge is 0.310 e. The molecule has 0 spiro atoms. The number of benzene rings is 2. The SMILES string of the molecule is CCCNC(Cc1cccc(C)c1)c1ccc(Cl)c(Cl)c1. The van der Waals surface area contributed by atoms with E-state index in [4.69, 9.17) is 23.2 Å². The van der Waals surface area contributed by atoms with Gasteiger partial charge in [0.05, 0.1) is 10.0 Å². The van der Waals surface area contributed by atoms with Gasteiger partial charge in [-0.1, -0.05) is 66.0 Å². The summed E-state index contributed by atoms with van der Waals surface area (Å²) in [6.45, 7) is 5.28. The van der Waals surface area contributed by atoms with Crippen LogP contribution in [0.15, 0.2) is 42.5 Å². The predicted molar refractivity (Wildman–Crippen MR) is 92.4 cm³/mol. The Labute approximate surface area is 137 Å². The van der Waals surface area contributed by atoms with Gasteiger partial charge in [-0.25, -0.2) is 0 Å². The monoisotopic (exact) mass is 321 g/mol. The molecule has 21 heavy (non-hydrogen) atoms. The minimum Gasteiger partial charge on any atom is -0.310 e. The van der Waals surface area contributed by atoms with Crippen molar-refractivity contribution in [3.8, 4) is 0 Å². The van der Waals surface area contributed by atoms with Crippen molar-refractivity contribution in [2.24, 2.45) is 0 Å². The maximum Gasteiger partial charge on any atom is 0.0595 e. The van der Waals surface area contributed by atoms with Crippen molar-refractivity contribution >= 4 is 23.2 Å². The zero-order chi connectivity index (χ0) is 15.2. The van der Waals surface area contributed by atoms with Gasteiger partial charge in [0.25, 0.3) is 0 Å². The van der Waals surface area contributed by atoms with E-state index in [-0.39, 0.29) is 6.04 Å². The van der Waals surface area contributed by atoms with Gasteiger partial charge in [0.1, 0.15) is 0 Å². The van der Waals surface area contributed by atoms with E-state index in [0.29, 0.717) is 10.0 Å². The molecule has 0 aliphatic heterocycles. The molecular formula is C18H21Cl2N. The van der Waals surface area contributed by atoms with Crippen LogP contribution >= 0.6 is 23.2 Å². The van der Waals surface area contributed by atoms with E-state index in [1.54, 1.807) is 0 Å². The third kappa shape index (κ3) is 4.74. The summed E-state index contributed by atoms with van der Waals surface area (Å²) in [4.78, 5) is 0. The Morgan fingerprint density at radius 1 is 1.05 bits per heavy atom. The molecule has 1 atom stereocenters. The maximum atomic E-state index is 6.16. The Kier molecular flexibility index (Phi) is 6.10. The van der Waals surface area contributed by atoms with Gasteiger partial charge < -0.3 is 5.32 Å². The second-order valence-corrected chi connectivity index (χ2v) is 6.19. The average Bonchev–Trinajstić information content (AvgIpc) is 2.46. The van der Waals surface area contributed by atoms with Crippen LogP contribution in [-0.2, 0) is 6.42 Å². The lowest BCUT2D eigenvalue weighted by molar-refractivity contribution is 0.529. The van der Waals surface area contributed by atoms with Crippen LogP contribution in [0.2, 0.25) is 10.0 Å². The van der Waals surface area contributed by atoms with Gasteiger partial charge in [0.15, 0.2) is 0 Å². The minimum atomic E-state index is 0.251. The van der Waals surface area contributed by atoms with Gasteiger partial charge in [-0.3, -0.25) is 0 Å². The zero-order valence-electron chi connectivity index (χ0n) is 12.5. The molecule has 0 radical (unpaired) electrons. The first-order valence-electron chi connectivity index (χ1n) is 7.34. The van der Waals surface area contributed by atoms with Crippen molar-refractivity contribution in [2.75, 3.05) is 6.54 Å². The fourth-order valence-corrected chi connectivity index (χ4v) is 2.74. The molecule has 2 rings (SSSR count). The highest BCUT2D eigenvalue weighted by atomic mass is 35.5. The van der Waals surface area contributed by atoms with E-state index in [2.05, 4.69) is 49.5 Å². The zero-order valence-corrected chi connectivity index (χ0v) is 14.0. The number of halogens is 2. The minimum absolute atomic E-state index is 0.251. The second kappa shape index (κ2) is 7.84. The maximum absolute atomic E-state index is 6.16. The Hall–Kier alpha value is -1.02. The molecule has 1 unspecified atom stereocenters. The highest BCUT2D eigenvalue weighted by molar-refractivity contribution is 6.42. The number of nitrogens with one attached hydrogen (secondary N) is 1. The molecule has 2 aromatic rings. The Balaban J connectivity index is 2.22. The van der Waals surface area contributed by atoms with Crippen molar-refractivity contribution in [2.45, 2.75) is 32.7 Å². The van der Waals surface area contributed by atoms with Crippen LogP contribution in [0, 0.1) is 6.92 Å². The molecule has 0 heterocycles. The van der Waals surface area contributed by atoms with Crippen molar-refractivity contribution in [1.29, 1.82) is 0 Å². The standard InChI is InChI=1S/C18H21Cl2N/c1-3-9-21-18(11-14-6-4-5-13(2)10-14)15-7-8-16(19)17(20)12-15/h4-8,10,12,18,21H,3,9,11H2,1-2H3. The van der Waals surface area contributed by atoms with Crippen molar-refractivity contribution in [3.63, 3.8) is 0 Å². The first kappa shape index (κ1) is 16.4. The van der Waals surface area contributed by atoms with Crippen molar-refractivity contribution in [1.82, 2.24) is 5.32 Å². The summed E-state index contributed by atoms with van der Waals surface area (Å²) < 4.78 is 0. The molecule has 0 aromatic heterocycles. The Morgan fingerprint density at radius 2 is 1.86 bits per heavy atom. The molecule has 2 aromatic carbocycles. The smallest absolute Gasteiger partial charge is 0.0595 e. The van der Waals surface area contributed by atoms with Gasteiger partial charge in [-0.2, -0.15) is 0 Å². The Bertz CT molecular complexity index is 596. The summed E-state index contributed by atoms with van der Waals surface area (Å²) in [5.74, 6) is 0. The molecule has 0 bridgehead atoms. The first-order valence-corrected chi connectivity index (χ1v) is 8.09. The average molecular weight is 322 g/mol. The van der Waals surface area contributed by atoms with E-state index in [1.807, 2.05) is 12.1 Å². The normalized spacial score (nSPS) is 12.4. The third-order valence-electron chi connectivity index (χ3n) is 3.51. The molecule has 0 saturated heterocycles. The van der Waals surface area contributed by atoms with Crippen LogP contribution in [0.1, 0.15) is 36.1 Å². The topological polar surface area (TPSA) is 12.0 Å². The first-order chi connectivity index (χ1) is 10.1. The summed E-state index contributed by atoms with van der Waals surface area (Å²) in [6.07, 6.45) is 2.05. The molecule has 0 aliphatic rings. The summed E-state index contributed by atoms with van der Waals surface area (Å²) in [5, 5.41) is 4.81. The van der Waals surface area contributed by atoms with Gasteiger partial charge in [-0.15, -0.1) is 0 Å². The second-order valence-electron chi connectivity index (χ2n) is 5.37. The highest BCUT2D eigenvalue weighted by Crippen LogP contribution is 2.27. The summed E-state index contributed by atoms with van der Waals surface area (Å²) in [6, 6.07) is 14.8. The number of hydrogen-bond donors (Lipinski definition) is 1. The number of hydrogen-bond acceptors (Lipinski definition) is 1. The van der Waals surface area contributed by atoms with Crippen LogP contribution in [0.5, 0.6) is 0 Å². The molecular weight excluding hydrogens is 301 g/mol. The van der Waals surface area contributed by atoms with E-state index >= 15 is 0 Å². The molecule has 0 amide bonds. The van der Waals surface area contributed by atoms with Gasteiger partial charge in [0, 0.05) is 6.04 Å². The number of rotatable bonds is 6. The molecule has 0 fully saturated rings. The van der Waals surface area contributed by atoms with Crippen LogP contribution in [0.3, 0.4) is 0 Å². The lowest BCUT2D eigenvalue weighted by Gasteiger charge is -2.20. The van der Waals surface area contributed by atoms with Crippen LogP contribution in [0.25, 0.3) is 0 Å². The predicted octanol–water partition coefficient (Wildman–Crippen LogP) is 5.59. The van der Waals surface area contributed by atoms with Gasteiger partial charge in [-0.05, 0) is 49.6 Å². The molecule has 0 aliphatic carbocycles. The van der Waals surface area contributed by atoms with E-state index < -0.39 is 0 Å². The summed E-state index contributed by atoms with van der Waals surface area (Å²) in [7, 11) is 0. The third-order valence-corrected chi connectivity index (χ3v) is 4.25. The van der Waals surface area contributed by atoms with Crippen molar-refractivity contribution < 1.29 is 0 Å². The Morgan fingerprint density at radius 3 is 2.52 bits per heavy atom. The van der Waals surface area contributed by atoms with Crippen LogP contribution < -0.4 is 5.32 Å². The lowest BCUT2D eigenvalue weighted by Crippen LogP contribution is -2.24. The molecule has 112 valence electrons.